The van der Waals surface area contributed by atoms with Crippen LogP contribution in [0.15, 0.2) is 0 Å². The first kappa shape index (κ1) is 10.1. The quantitative estimate of drug-likeness (QED) is 0.494. The van der Waals surface area contributed by atoms with Crippen LogP contribution in [0.1, 0.15) is 6.92 Å². The van der Waals surface area contributed by atoms with Gasteiger partial charge in [-0.05, 0) is 6.92 Å². The zero-order valence-electron chi connectivity index (χ0n) is 8.40. The molecule has 3 N–H and O–H groups in total. The first-order valence-corrected chi connectivity index (χ1v) is 4.89. The van der Waals surface area contributed by atoms with Gasteiger partial charge in [-0.25, -0.2) is 0 Å². The standard InChI is InChI=1S/C9H13N3O3/c1-4(10)9(15)12-2-5-6(3-12)8(14)11-7(5)13/h4-6H,2-3,10H2,1H3,(H,11,13,14)/t4-,5?,6?/m0/s1. The molecule has 3 atom stereocenters. The topological polar surface area (TPSA) is 92.5 Å². The molecule has 2 saturated heterocycles. The second-order valence-electron chi connectivity index (χ2n) is 4.10. The Kier molecular flexibility index (Phi) is 2.22. The van der Waals surface area contributed by atoms with E-state index in [1.807, 2.05) is 0 Å². The van der Waals surface area contributed by atoms with Crippen molar-refractivity contribution in [2.24, 2.45) is 17.6 Å². The Morgan fingerprint density at radius 2 is 1.87 bits per heavy atom. The van der Waals surface area contributed by atoms with E-state index >= 15 is 0 Å². The Bertz CT molecular complexity index is 317. The maximum Gasteiger partial charge on any atom is 0.239 e. The van der Waals surface area contributed by atoms with Gasteiger partial charge in [0, 0.05) is 13.1 Å². The Labute approximate surface area is 86.8 Å². The van der Waals surface area contributed by atoms with E-state index in [1.165, 1.54) is 4.90 Å². The summed E-state index contributed by atoms with van der Waals surface area (Å²) < 4.78 is 0. The molecule has 3 amide bonds. The molecular formula is C9H13N3O3. The van der Waals surface area contributed by atoms with Gasteiger partial charge in [0.2, 0.25) is 17.7 Å². The minimum absolute atomic E-state index is 0.204. The summed E-state index contributed by atoms with van der Waals surface area (Å²) in [4.78, 5) is 35.7. The van der Waals surface area contributed by atoms with Crippen molar-refractivity contribution in [1.82, 2.24) is 10.2 Å². The molecule has 6 heteroatoms. The zero-order valence-corrected chi connectivity index (χ0v) is 8.40. The molecule has 0 bridgehead atoms. The Hall–Kier alpha value is -1.43. The molecule has 0 aromatic carbocycles. The van der Waals surface area contributed by atoms with Crippen LogP contribution in [-0.2, 0) is 14.4 Å². The minimum atomic E-state index is -0.581. The van der Waals surface area contributed by atoms with Crippen LogP contribution in [0.3, 0.4) is 0 Å². The third-order valence-corrected chi connectivity index (χ3v) is 2.94. The summed E-state index contributed by atoms with van der Waals surface area (Å²) in [7, 11) is 0. The van der Waals surface area contributed by atoms with E-state index in [1.54, 1.807) is 6.92 Å². The monoisotopic (exact) mass is 211 g/mol. The number of fused-ring (bicyclic) bond motifs is 1. The van der Waals surface area contributed by atoms with Crippen molar-refractivity contribution in [2.75, 3.05) is 13.1 Å². The molecule has 2 aliphatic heterocycles. The summed E-state index contributed by atoms with van der Waals surface area (Å²) in [5, 5.41) is 2.26. The van der Waals surface area contributed by atoms with Gasteiger partial charge in [0.1, 0.15) is 0 Å². The third kappa shape index (κ3) is 1.50. The SMILES string of the molecule is C[C@H](N)C(=O)N1CC2C(=O)NC(=O)C2C1. The lowest BCUT2D eigenvalue weighted by Crippen LogP contribution is -2.43. The van der Waals surface area contributed by atoms with Gasteiger partial charge >= 0.3 is 0 Å². The molecule has 0 spiro atoms. The van der Waals surface area contributed by atoms with Crippen LogP contribution < -0.4 is 11.1 Å². The summed E-state index contributed by atoms with van der Waals surface area (Å²) in [5.74, 6) is -1.50. The number of nitrogens with one attached hydrogen (secondary N) is 1. The van der Waals surface area contributed by atoms with Crippen molar-refractivity contribution in [3.8, 4) is 0 Å². The second kappa shape index (κ2) is 3.30. The van der Waals surface area contributed by atoms with Crippen molar-refractivity contribution in [3.63, 3.8) is 0 Å². The van der Waals surface area contributed by atoms with Crippen molar-refractivity contribution in [2.45, 2.75) is 13.0 Å². The van der Waals surface area contributed by atoms with Gasteiger partial charge in [-0.15, -0.1) is 0 Å². The molecule has 2 fully saturated rings. The van der Waals surface area contributed by atoms with Gasteiger partial charge in [-0.2, -0.15) is 0 Å². The van der Waals surface area contributed by atoms with Gasteiger partial charge in [0.05, 0.1) is 17.9 Å². The highest BCUT2D eigenvalue weighted by Crippen LogP contribution is 2.28. The van der Waals surface area contributed by atoms with Crippen LogP contribution in [0.25, 0.3) is 0 Å². The van der Waals surface area contributed by atoms with Gasteiger partial charge in [-0.3, -0.25) is 19.7 Å². The Morgan fingerprint density at radius 1 is 1.40 bits per heavy atom. The highest BCUT2D eigenvalue weighted by Gasteiger charge is 2.49. The molecule has 2 unspecified atom stereocenters. The van der Waals surface area contributed by atoms with E-state index in [4.69, 9.17) is 5.73 Å². The molecule has 6 nitrogen and oxygen atoms in total. The molecule has 0 aliphatic carbocycles. The number of imide groups is 1. The molecule has 82 valence electrons. The van der Waals surface area contributed by atoms with E-state index < -0.39 is 6.04 Å². The van der Waals surface area contributed by atoms with E-state index in [0.29, 0.717) is 13.1 Å². The van der Waals surface area contributed by atoms with Crippen LogP contribution in [0.5, 0.6) is 0 Å². The number of carbonyl (C=O) groups is 3. The number of likely N-dealkylation sites (tertiary alicyclic amines) is 1. The maximum atomic E-state index is 11.5. The van der Waals surface area contributed by atoms with E-state index in [0.717, 1.165) is 0 Å². The van der Waals surface area contributed by atoms with Crippen molar-refractivity contribution < 1.29 is 14.4 Å². The lowest BCUT2D eigenvalue weighted by atomic mass is 10.00. The molecule has 0 aromatic heterocycles. The maximum absolute atomic E-state index is 11.5. The molecule has 2 heterocycles. The van der Waals surface area contributed by atoms with Gasteiger partial charge in [0.25, 0.3) is 0 Å². The summed E-state index contributed by atoms with van der Waals surface area (Å²) in [6, 6.07) is -0.581. The van der Waals surface area contributed by atoms with Crippen LogP contribution in [0.4, 0.5) is 0 Å². The molecule has 0 saturated carbocycles. The largest absolute Gasteiger partial charge is 0.340 e. The third-order valence-electron chi connectivity index (χ3n) is 2.94. The molecular weight excluding hydrogens is 198 g/mol. The summed E-state index contributed by atoms with van der Waals surface area (Å²) >= 11 is 0. The van der Waals surface area contributed by atoms with E-state index in [-0.39, 0.29) is 29.6 Å². The fourth-order valence-electron chi connectivity index (χ4n) is 2.11. The zero-order chi connectivity index (χ0) is 11.2. The first-order valence-electron chi connectivity index (χ1n) is 4.89. The van der Waals surface area contributed by atoms with E-state index in [2.05, 4.69) is 5.32 Å². The average Bonchev–Trinajstić information content (AvgIpc) is 2.68. The Balaban J connectivity index is 2.10. The normalized spacial score (nSPS) is 31.5. The number of hydrogen-bond acceptors (Lipinski definition) is 4. The summed E-state index contributed by atoms with van der Waals surface area (Å²) in [6.07, 6.45) is 0. The molecule has 15 heavy (non-hydrogen) atoms. The van der Waals surface area contributed by atoms with Crippen molar-refractivity contribution in [1.29, 1.82) is 0 Å². The lowest BCUT2D eigenvalue weighted by Gasteiger charge is -2.18. The fourth-order valence-corrected chi connectivity index (χ4v) is 2.11. The highest BCUT2D eigenvalue weighted by atomic mass is 16.2. The fraction of sp³-hybridized carbons (Fsp3) is 0.667. The molecule has 0 aromatic rings. The number of nitrogens with zero attached hydrogens (tertiary/aromatic N) is 1. The number of carbonyl (C=O) groups excluding carboxylic acids is 3. The Morgan fingerprint density at radius 3 is 2.27 bits per heavy atom. The predicted octanol–water partition coefficient (Wildman–Crippen LogP) is -1.94. The second-order valence-corrected chi connectivity index (χ2v) is 4.10. The summed E-state index contributed by atoms with van der Waals surface area (Å²) in [5.41, 5.74) is 5.46. The number of hydrogen-bond donors (Lipinski definition) is 2. The van der Waals surface area contributed by atoms with Crippen LogP contribution in [0.2, 0.25) is 0 Å². The van der Waals surface area contributed by atoms with Crippen molar-refractivity contribution >= 4 is 17.7 Å². The average molecular weight is 211 g/mol. The molecule has 2 aliphatic rings. The highest BCUT2D eigenvalue weighted by molar-refractivity contribution is 6.06. The van der Waals surface area contributed by atoms with E-state index in [9.17, 15) is 14.4 Å². The van der Waals surface area contributed by atoms with Crippen LogP contribution in [-0.4, -0.2) is 41.8 Å². The van der Waals surface area contributed by atoms with Gasteiger partial charge < -0.3 is 10.6 Å². The van der Waals surface area contributed by atoms with Gasteiger partial charge in [-0.1, -0.05) is 0 Å². The van der Waals surface area contributed by atoms with Crippen molar-refractivity contribution in [3.05, 3.63) is 0 Å². The minimum Gasteiger partial charge on any atom is -0.340 e. The molecule has 2 rings (SSSR count). The summed E-state index contributed by atoms with van der Waals surface area (Å²) in [6.45, 7) is 2.21. The lowest BCUT2D eigenvalue weighted by molar-refractivity contribution is -0.132. The molecule has 0 radical (unpaired) electrons. The number of amides is 3. The van der Waals surface area contributed by atoms with Crippen LogP contribution >= 0.6 is 0 Å². The van der Waals surface area contributed by atoms with Gasteiger partial charge in [0.15, 0.2) is 0 Å². The van der Waals surface area contributed by atoms with Crippen LogP contribution in [0, 0.1) is 11.8 Å². The predicted molar refractivity (Wildman–Crippen MR) is 50.4 cm³/mol. The number of nitrogens with two attached hydrogens (primary N) is 1. The number of rotatable bonds is 1. The first-order chi connectivity index (χ1) is 7.00. The smallest absolute Gasteiger partial charge is 0.239 e.